The second-order valence-electron chi connectivity index (χ2n) is 8.60. The molecule has 2 aliphatic heterocycles. The van der Waals surface area contributed by atoms with Crippen LogP contribution in [0.3, 0.4) is 0 Å². The molecule has 2 aliphatic rings. The molecule has 0 radical (unpaired) electrons. The number of aromatic nitrogens is 4. The lowest BCUT2D eigenvalue weighted by Crippen LogP contribution is -2.71. The number of carboxylic acids is 1. The first kappa shape index (κ1) is 29.0. The number of rotatable bonds is 11. The summed E-state index contributed by atoms with van der Waals surface area (Å²) in [7, 11) is 1.93. The number of thioether (sulfide) groups is 2. The molecule has 3 aromatic rings. The lowest BCUT2D eigenvalue weighted by molar-refractivity contribution is -0.671. The first-order valence-corrected chi connectivity index (χ1v) is 15.9. The van der Waals surface area contributed by atoms with E-state index in [-0.39, 0.29) is 23.8 Å². The normalized spacial score (nSPS) is 18.6. The zero-order valence-corrected chi connectivity index (χ0v) is 25.3. The number of β-lactam (4-membered cyclic amide) rings is 1. The molecule has 0 aromatic carbocycles. The highest BCUT2D eigenvalue weighted by molar-refractivity contribution is 8.07. The molecule has 1 saturated heterocycles. The zero-order valence-electron chi connectivity index (χ0n) is 22.1. The van der Waals surface area contributed by atoms with E-state index < -0.39 is 29.2 Å². The number of nitrogens with one attached hydrogen (secondary N) is 2. The number of nitrogens with zero attached hydrogens (tertiary/aromatic N) is 6. The van der Waals surface area contributed by atoms with Gasteiger partial charge in [0, 0.05) is 51.8 Å². The molecule has 0 spiro atoms. The van der Waals surface area contributed by atoms with Gasteiger partial charge in [-0.05, 0) is 13.8 Å². The second kappa shape index (κ2) is 12.5. The Kier molecular flexibility index (Phi) is 8.86. The van der Waals surface area contributed by atoms with Gasteiger partial charge in [0.05, 0.1) is 5.69 Å². The SMILES string of the molecule is CCNc1nc(/C(=N/OCC)C(=O)N[C@@H]2C(=O)N3C(C(=O)O)=C(Sc4nc(-c5cc[n+](C)cc5)cs4)CS[C@H]23)ns1. The van der Waals surface area contributed by atoms with Gasteiger partial charge in [0.25, 0.3) is 11.8 Å². The number of carbonyl (C=O) groups excluding carboxylic acids is 2. The highest BCUT2D eigenvalue weighted by atomic mass is 32.2. The van der Waals surface area contributed by atoms with Crippen LogP contribution in [-0.4, -0.2) is 78.2 Å². The number of aryl methyl sites for hydroxylation is 1. The van der Waals surface area contributed by atoms with Crippen LogP contribution in [0.5, 0.6) is 0 Å². The van der Waals surface area contributed by atoms with Gasteiger partial charge in [0.15, 0.2) is 16.7 Å². The third kappa shape index (κ3) is 6.07. The summed E-state index contributed by atoms with van der Waals surface area (Å²) in [5.74, 6) is -2.04. The maximum absolute atomic E-state index is 13.2. The van der Waals surface area contributed by atoms with Gasteiger partial charge >= 0.3 is 5.97 Å². The minimum absolute atomic E-state index is 0.0637. The molecule has 17 heteroatoms. The molecule has 5 heterocycles. The molecule has 1 fully saturated rings. The van der Waals surface area contributed by atoms with Crippen molar-refractivity contribution in [2.45, 2.75) is 29.6 Å². The van der Waals surface area contributed by atoms with Gasteiger partial charge in [-0.2, -0.15) is 9.36 Å². The number of carbonyl (C=O) groups is 3. The molecular weight excluding hydrogens is 609 g/mol. The van der Waals surface area contributed by atoms with E-state index in [1.54, 1.807) is 6.92 Å². The molecule has 0 bridgehead atoms. The topological polar surface area (TPSA) is 163 Å². The summed E-state index contributed by atoms with van der Waals surface area (Å²) in [4.78, 5) is 54.4. The number of hydrogen-bond acceptors (Lipinski definition) is 13. The molecule has 41 heavy (non-hydrogen) atoms. The Bertz CT molecular complexity index is 1540. The first-order chi connectivity index (χ1) is 19.8. The number of amides is 2. The van der Waals surface area contributed by atoms with Gasteiger partial charge in [-0.25, -0.2) is 14.3 Å². The lowest BCUT2D eigenvalue weighted by atomic mass is 10.0. The van der Waals surface area contributed by atoms with Gasteiger partial charge in [0.2, 0.25) is 16.7 Å². The monoisotopic (exact) mass is 633 g/mol. The molecule has 3 N–H and O–H groups in total. The number of hydrogen-bond donors (Lipinski definition) is 3. The van der Waals surface area contributed by atoms with E-state index in [0.717, 1.165) is 22.8 Å². The lowest BCUT2D eigenvalue weighted by Gasteiger charge is -2.49. The predicted molar refractivity (Wildman–Crippen MR) is 157 cm³/mol. The molecule has 0 aliphatic carbocycles. The summed E-state index contributed by atoms with van der Waals surface area (Å²) in [6.45, 7) is 4.46. The maximum atomic E-state index is 13.2. The van der Waals surface area contributed by atoms with Gasteiger partial charge in [0.1, 0.15) is 30.8 Å². The van der Waals surface area contributed by atoms with Crippen molar-refractivity contribution in [3.8, 4) is 11.3 Å². The molecule has 0 saturated carbocycles. The number of oxime groups is 1. The summed E-state index contributed by atoms with van der Waals surface area (Å²) in [5, 5.41) is 21.4. The highest BCUT2D eigenvalue weighted by Crippen LogP contribution is 2.46. The van der Waals surface area contributed by atoms with Crippen LogP contribution in [0.1, 0.15) is 19.7 Å². The molecule has 3 aromatic heterocycles. The van der Waals surface area contributed by atoms with Crippen LogP contribution in [0.2, 0.25) is 0 Å². The summed E-state index contributed by atoms with van der Waals surface area (Å²) >= 11 is 5.08. The number of fused-ring (bicyclic) bond motifs is 1. The van der Waals surface area contributed by atoms with E-state index in [2.05, 4.69) is 30.1 Å². The Morgan fingerprint density at radius 1 is 1.29 bits per heavy atom. The minimum atomic E-state index is -1.22. The van der Waals surface area contributed by atoms with Crippen molar-refractivity contribution < 1.29 is 28.9 Å². The molecule has 2 amide bonds. The third-order valence-corrected chi connectivity index (χ3v) is 10.0. The maximum Gasteiger partial charge on any atom is 0.353 e. The average Bonchev–Trinajstić information content (AvgIpc) is 3.62. The highest BCUT2D eigenvalue weighted by Gasteiger charge is 2.54. The summed E-state index contributed by atoms with van der Waals surface area (Å²) in [6.07, 6.45) is 3.85. The summed E-state index contributed by atoms with van der Waals surface area (Å²) < 4.78 is 6.77. The molecule has 5 rings (SSSR count). The number of anilines is 1. The van der Waals surface area contributed by atoms with E-state index in [1.807, 2.05) is 48.4 Å². The van der Waals surface area contributed by atoms with E-state index in [4.69, 9.17) is 4.84 Å². The largest absolute Gasteiger partial charge is 0.477 e. The van der Waals surface area contributed by atoms with Crippen LogP contribution >= 0.6 is 46.4 Å². The first-order valence-electron chi connectivity index (χ1n) is 12.4. The smallest absolute Gasteiger partial charge is 0.353 e. The van der Waals surface area contributed by atoms with Gasteiger partial charge in [-0.3, -0.25) is 14.5 Å². The van der Waals surface area contributed by atoms with Crippen molar-refractivity contribution in [2.24, 2.45) is 12.2 Å². The quantitative estimate of drug-likeness (QED) is 0.123. The number of thiazole rings is 1. The zero-order chi connectivity index (χ0) is 29.1. The van der Waals surface area contributed by atoms with E-state index in [0.29, 0.717) is 26.7 Å². The molecule has 0 unspecified atom stereocenters. The van der Waals surface area contributed by atoms with Gasteiger partial charge < -0.3 is 20.6 Å². The van der Waals surface area contributed by atoms with Crippen LogP contribution in [0.25, 0.3) is 11.3 Å². The van der Waals surface area contributed by atoms with Crippen LogP contribution in [0.15, 0.2) is 50.0 Å². The second-order valence-corrected chi connectivity index (χ2v) is 12.7. The average molecular weight is 634 g/mol. The molecule has 2 atom stereocenters. The standard InChI is InChI=1S/C24H24N8O5S4/c1-4-25-23-28-18(30-41-23)15(29-37-5-2)19(33)27-16-20(34)32-17(22(35)36)14(11-38-21(16)32)40-24-26-13(10-39-24)12-6-8-31(3)9-7-12/h6-10,16,21H,4-5,11H2,1-3H3,(H2-,25,27,28,30,33,35,36)/p+1/b29-15-/t16-,21-/m1/s1. The van der Waals surface area contributed by atoms with Crippen molar-refractivity contribution in [3.05, 3.63) is 46.3 Å². The molecule has 214 valence electrons. The van der Waals surface area contributed by atoms with Crippen LogP contribution in [0, 0.1) is 0 Å². The van der Waals surface area contributed by atoms with Gasteiger partial charge in [-0.1, -0.05) is 16.9 Å². The summed E-state index contributed by atoms with van der Waals surface area (Å²) in [6, 6.07) is 2.96. The fourth-order valence-corrected chi connectivity index (χ4v) is 8.05. The van der Waals surface area contributed by atoms with Crippen LogP contribution in [0.4, 0.5) is 5.13 Å². The number of pyridine rings is 1. The van der Waals surface area contributed by atoms with Crippen LogP contribution in [-0.2, 0) is 26.3 Å². The molecular formula is C24H25N8O5S4+. The Morgan fingerprint density at radius 3 is 2.78 bits per heavy atom. The number of carboxylic acid groups (broad SMARTS) is 1. The van der Waals surface area contributed by atoms with Crippen LogP contribution < -0.4 is 15.2 Å². The van der Waals surface area contributed by atoms with Crippen molar-refractivity contribution >= 4 is 75.0 Å². The van der Waals surface area contributed by atoms with Crippen molar-refractivity contribution in [1.29, 1.82) is 0 Å². The summed E-state index contributed by atoms with van der Waals surface area (Å²) in [5.41, 5.74) is 1.47. The van der Waals surface area contributed by atoms with Crippen molar-refractivity contribution in [1.82, 2.24) is 24.6 Å². The fraction of sp³-hybridized carbons (Fsp3) is 0.333. The van der Waals surface area contributed by atoms with E-state index >= 15 is 0 Å². The van der Waals surface area contributed by atoms with E-state index in [9.17, 15) is 19.5 Å². The van der Waals surface area contributed by atoms with Gasteiger partial charge in [-0.15, -0.1) is 23.1 Å². The molecule has 13 nitrogen and oxygen atoms in total. The fourth-order valence-electron chi connectivity index (χ4n) is 3.95. The number of aliphatic carboxylic acids is 1. The minimum Gasteiger partial charge on any atom is -0.477 e. The Balaban J connectivity index is 1.31. The third-order valence-electron chi connectivity index (χ3n) is 5.86. The predicted octanol–water partition coefficient (Wildman–Crippen LogP) is 2.15. The Labute approximate surface area is 251 Å². The van der Waals surface area contributed by atoms with Crippen molar-refractivity contribution in [3.63, 3.8) is 0 Å². The van der Waals surface area contributed by atoms with Crippen molar-refractivity contribution in [2.75, 3.05) is 24.2 Å². The Hall–Kier alpha value is -3.54. The Morgan fingerprint density at radius 2 is 2.07 bits per heavy atom. The van der Waals surface area contributed by atoms with E-state index in [1.165, 1.54) is 39.8 Å².